The molecule has 6 rings (SSSR count). The monoisotopic (exact) mass is 1000 g/mol. The number of carboxylic acids is 2. The molecule has 372 valence electrons. The number of nitrogens with one attached hydrogen (secondary N) is 1. The molecule has 0 radical (unpaired) electrons. The number of aromatic carboxylic acids is 1. The molecule has 0 aliphatic rings. The lowest BCUT2D eigenvalue weighted by molar-refractivity contribution is -0.147. The average molecular weight is 1000 g/mol. The van der Waals surface area contributed by atoms with E-state index < -0.39 is 29.8 Å². The molecule has 0 saturated heterocycles. The summed E-state index contributed by atoms with van der Waals surface area (Å²) >= 11 is 11.9. The van der Waals surface area contributed by atoms with Gasteiger partial charge >= 0.3 is 17.9 Å². The van der Waals surface area contributed by atoms with E-state index in [9.17, 15) is 33.1 Å². The normalized spacial score (nSPS) is 12.1. The van der Waals surface area contributed by atoms with Crippen LogP contribution in [0.4, 0.5) is 8.78 Å². The minimum Gasteiger partial charge on any atom is -0.481 e. The van der Waals surface area contributed by atoms with E-state index in [4.69, 9.17) is 47.6 Å². The first kappa shape index (κ1) is 57.5. The first-order valence-corrected chi connectivity index (χ1v) is 23.1. The Hall–Kier alpha value is -6.86. The van der Waals surface area contributed by atoms with Crippen LogP contribution in [-0.2, 0) is 40.0 Å². The maximum Gasteiger partial charge on any atom is 0.373 e. The van der Waals surface area contributed by atoms with Crippen molar-refractivity contribution >= 4 is 47.0 Å². The van der Waals surface area contributed by atoms with Crippen LogP contribution in [0, 0.1) is 35.8 Å². The van der Waals surface area contributed by atoms with Gasteiger partial charge in [0.05, 0.1) is 30.8 Å². The van der Waals surface area contributed by atoms with E-state index in [1.165, 1.54) is 36.7 Å². The minimum absolute atomic E-state index is 0.0848. The van der Waals surface area contributed by atoms with Crippen molar-refractivity contribution in [2.24, 2.45) is 17.6 Å². The second kappa shape index (κ2) is 29.2. The van der Waals surface area contributed by atoms with Crippen LogP contribution in [0.25, 0.3) is 22.3 Å². The van der Waals surface area contributed by atoms with Crippen molar-refractivity contribution in [3.63, 3.8) is 0 Å². The molecular weight excluding hydrogens is 946 g/mol. The first-order valence-electron chi connectivity index (χ1n) is 22.4. The summed E-state index contributed by atoms with van der Waals surface area (Å²) in [5.41, 5.74) is 10.3. The van der Waals surface area contributed by atoms with Gasteiger partial charge in [-0.25, -0.2) is 23.5 Å². The molecule has 0 unspecified atom stereocenters. The van der Waals surface area contributed by atoms with Crippen LogP contribution >= 0.6 is 23.2 Å². The summed E-state index contributed by atoms with van der Waals surface area (Å²) in [5, 5.41) is 21.5. The highest BCUT2D eigenvalue weighted by Gasteiger charge is 2.23. The third kappa shape index (κ3) is 18.9. The second-order valence-corrected chi connectivity index (χ2v) is 16.8. The molecule has 1 amide bonds. The van der Waals surface area contributed by atoms with Crippen molar-refractivity contribution in [3.05, 3.63) is 153 Å². The smallest absolute Gasteiger partial charge is 0.373 e. The van der Waals surface area contributed by atoms with Crippen molar-refractivity contribution in [1.82, 2.24) is 15.3 Å². The molecule has 0 aliphatic heterocycles. The molecule has 0 aliphatic carbocycles. The maximum atomic E-state index is 14.1. The number of halogens is 4. The molecule has 70 heavy (non-hydrogen) atoms. The van der Waals surface area contributed by atoms with Crippen LogP contribution in [0.2, 0.25) is 10.0 Å². The van der Waals surface area contributed by atoms with Gasteiger partial charge in [0.1, 0.15) is 11.6 Å². The molecular formula is C53H58Cl2F2N4O9. The number of ether oxygens (including phenoxy) is 1. The number of aromatic nitrogens is 2. The number of carboxylic acid groups (broad SMARTS) is 2. The molecule has 17 heteroatoms. The van der Waals surface area contributed by atoms with Crippen LogP contribution in [0.1, 0.15) is 98.4 Å². The van der Waals surface area contributed by atoms with Gasteiger partial charge in [0.25, 0.3) is 5.91 Å². The highest BCUT2D eigenvalue weighted by atomic mass is 35.5. The lowest BCUT2D eigenvalue weighted by Gasteiger charge is -2.20. The number of oxazole rings is 2. The van der Waals surface area contributed by atoms with Gasteiger partial charge in [0.2, 0.25) is 11.5 Å². The maximum absolute atomic E-state index is 14.1. The number of carbonyl (C=O) groups is 4. The summed E-state index contributed by atoms with van der Waals surface area (Å²) < 4.78 is 43.2. The van der Waals surface area contributed by atoms with Crippen molar-refractivity contribution in [3.8, 4) is 34.6 Å². The Morgan fingerprint density at radius 3 is 1.61 bits per heavy atom. The predicted octanol–water partition coefficient (Wildman–Crippen LogP) is 11.3. The van der Waals surface area contributed by atoms with Crippen LogP contribution in [-0.4, -0.2) is 62.7 Å². The third-order valence-electron chi connectivity index (χ3n) is 10.3. The standard InChI is InChI=1S/C24H24ClFN2O4.C20H23ClFNO2.C6H7NO3.C3H4/c1-3-22-27-13-21(32-22)23(29)28-18(10-14(2)24(30)31)11-15-4-6-16(7-5-15)19-12-17(25)8-9-20(19)26;1-3-25-20(24)13(2)10-17(23)11-14-4-6-15(7-5-14)18-12-16(21)8-9-19(18)22;1-2-5-7-3-4(10-5)6(8)9;1-3-2/h4-9,12-14,18H,3,10-11H2,1-2H3,(H,28,29)(H,30,31);4-9,12-13,17H,3,10-11,23H2,1-2H3;3H,2H2,1H3,(H,8,9);1H,2H3/t14-,18+;13-,17+;;/m11../s1. The summed E-state index contributed by atoms with van der Waals surface area (Å²) in [7, 11) is 0. The molecule has 0 fully saturated rings. The van der Waals surface area contributed by atoms with E-state index in [-0.39, 0.29) is 47.5 Å². The Morgan fingerprint density at radius 2 is 1.20 bits per heavy atom. The molecule has 6 aromatic rings. The van der Waals surface area contributed by atoms with Gasteiger partial charge in [0.15, 0.2) is 11.8 Å². The number of benzene rings is 4. The highest BCUT2D eigenvalue weighted by molar-refractivity contribution is 6.31. The molecule has 0 bridgehead atoms. The number of amides is 1. The Balaban J connectivity index is 0.000000300. The second-order valence-electron chi connectivity index (χ2n) is 15.9. The molecule has 4 atom stereocenters. The fourth-order valence-corrected chi connectivity index (χ4v) is 7.06. The van der Waals surface area contributed by atoms with Crippen molar-refractivity contribution in [2.75, 3.05) is 6.61 Å². The molecule has 2 heterocycles. The topological polar surface area (TPSA) is 208 Å². The number of carbonyl (C=O) groups excluding carboxylic acids is 2. The van der Waals surface area contributed by atoms with Gasteiger partial charge in [-0.1, -0.05) is 99.4 Å². The number of nitrogens with zero attached hydrogens (tertiary/aromatic N) is 2. The van der Waals surface area contributed by atoms with E-state index in [2.05, 4.69) is 27.6 Å². The Morgan fingerprint density at radius 1 is 0.743 bits per heavy atom. The predicted molar refractivity (Wildman–Crippen MR) is 265 cm³/mol. The minimum atomic E-state index is -1.08. The third-order valence-corrected chi connectivity index (χ3v) is 10.7. The van der Waals surface area contributed by atoms with Gasteiger partial charge in [-0.05, 0) is 98.2 Å². The molecule has 2 aromatic heterocycles. The van der Waals surface area contributed by atoms with Gasteiger partial charge in [-0.3, -0.25) is 14.4 Å². The van der Waals surface area contributed by atoms with Gasteiger partial charge in [-0.15, -0.1) is 12.3 Å². The average Bonchev–Trinajstić information content (AvgIpc) is 4.03. The largest absolute Gasteiger partial charge is 0.481 e. The summed E-state index contributed by atoms with van der Waals surface area (Å²) in [6, 6.07) is 23.0. The molecule has 13 nitrogen and oxygen atoms in total. The lowest BCUT2D eigenvalue weighted by atomic mass is 9.94. The Labute approximate surface area is 416 Å². The summed E-state index contributed by atoms with van der Waals surface area (Å²) in [4.78, 5) is 53.5. The van der Waals surface area contributed by atoms with Crippen molar-refractivity contribution < 1.29 is 51.7 Å². The molecule has 5 N–H and O–H groups in total. The van der Waals surface area contributed by atoms with Crippen LogP contribution in [0.5, 0.6) is 0 Å². The number of esters is 1. The quantitative estimate of drug-likeness (QED) is 0.0468. The Kier molecular flexibility index (Phi) is 24.0. The van der Waals surface area contributed by atoms with E-state index in [1.807, 2.05) is 57.2 Å². The van der Waals surface area contributed by atoms with Gasteiger partial charge < -0.3 is 34.8 Å². The van der Waals surface area contributed by atoms with Gasteiger partial charge in [-0.2, -0.15) is 0 Å². The number of hydrogen-bond donors (Lipinski definition) is 4. The summed E-state index contributed by atoms with van der Waals surface area (Å²) in [6.45, 7) is 10.9. The number of nitrogens with two attached hydrogens (primary N) is 1. The highest BCUT2D eigenvalue weighted by Crippen LogP contribution is 2.28. The lowest BCUT2D eigenvalue weighted by Crippen LogP contribution is -2.38. The van der Waals surface area contributed by atoms with E-state index in [1.54, 1.807) is 45.0 Å². The van der Waals surface area contributed by atoms with Crippen LogP contribution < -0.4 is 11.1 Å². The zero-order chi connectivity index (χ0) is 51.9. The number of hydrogen-bond acceptors (Lipinski definition) is 10. The van der Waals surface area contributed by atoms with E-state index >= 15 is 0 Å². The fraction of sp³-hybridized carbons (Fsp3) is 0.321. The molecule has 0 spiro atoms. The van der Waals surface area contributed by atoms with E-state index in [0.717, 1.165) is 16.7 Å². The number of aliphatic carboxylic acids is 1. The van der Waals surface area contributed by atoms with E-state index in [0.29, 0.717) is 77.2 Å². The van der Waals surface area contributed by atoms with Gasteiger partial charge in [0, 0.05) is 46.1 Å². The molecule has 0 saturated carbocycles. The number of terminal acetylenes is 1. The zero-order valence-corrected chi connectivity index (χ0v) is 41.3. The van der Waals surface area contributed by atoms with Crippen molar-refractivity contribution in [2.45, 2.75) is 92.2 Å². The molecule has 4 aromatic carbocycles. The Bertz CT molecular complexity index is 2670. The summed E-state index contributed by atoms with van der Waals surface area (Å²) in [6.07, 6.45) is 10.2. The first-order chi connectivity index (χ1) is 33.3. The zero-order valence-electron chi connectivity index (χ0n) is 39.8. The SMILES string of the molecule is C#CC.CCOC(=O)[C@H](C)C[C@H](N)Cc1ccc(-c2cc(Cl)ccc2F)cc1.CCc1ncc(C(=O)N[C@H](Cc2ccc(-c3cc(Cl)ccc3F)cc2)C[C@@H](C)C(=O)O)o1.CCc1ncc(C(=O)O)o1. The van der Waals surface area contributed by atoms with Crippen molar-refractivity contribution in [1.29, 1.82) is 0 Å². The fourth-order valence-electron chi connectivity index (χ4n) is 6.71. The van der Waals surface area contributed by atoms with Crippen LogP contribution in [0.15, 0.2) is 106 Å². The number of aryl methyl sites for hydroxylation is 2. The van der Waals surface area contributed by atoms with Crippen LogP contribution in [0.3, 0.4) is 0 Å². The summed E-state index contributed by atoms with van der Waals surface area (Å²) in [5.74, 6) is -1.10. The number of rotatable bonds is 18.